The number of carbonyl (C=O) groups is 4. The summed E-state index contributed by atoms with van der Waals surface area (Å²) in [5.41, 5.74) is 0. The van der Waals surface area contributed by atoms with E-state index in [0.717, 1.165) is 0 Å². The summed E-state index contributed by atoms with van der Waals surface area (Å²) >= 11 is 0. The van der Waals surface area contributed by atoms with Crippen LogP contribution in [0.5, 0.6) is 0 Å². The second-order valence-electron chi connectivity index (χ2n) is 1.22. The van der Waals surface area contributed by atoms with Crippen molar-refractivity contribution in [1.29, 1.82) is 0 Å². The van der Waals surface area contributed by atoms with Crippen LogP contribution < -0.4 is 0 Å². The Kier molecular flexibility index (Phi) is 51.7. The molecule has 0 unspecified atom stereocenters. The molecule has 0 heterocycles. The van der Waals surface area contributed by atoms with Gasteiger partial charge in [0.1, 0.15) is 0 Å². The van der Waals surface area contributed by atoms with Crippen molar-refractivity contribution in [3.8, 4) is 0 Å². The van der Waals surface area contributed by atoms with Crippen LogP contribution in [0.3, 0.4) is 0 Å². The maximum absolute atomic E-state index is 9.10. The fraction of sp³-hybridized carbons (Fsp3) is 0. The van der Waals surface area contributed by atoms with Crippen molar-refractivity contribution in [2.45, 2.75) is 0 Å². The number of hydrogen-bond acceptors (Lipinski definition) is 4. The van der Waals surface area contributed by atoms with E-state index in [1.54, 1.807) is 0 Å². The standard InChI is InChI=1S/2C2H2O4.Ca.2Na.Sr.6H/c2*3-1(4)2(5)6;;;;;;;;;;/h2*(H,3,4)(H,5,6);;;;;;;;;;. The number of aliphatic carboxylic acids is 4. The SMILES string of the molecule is O=C(O)C(=O)O.O=C(O)C(=O)O.[CaH2].[NaH].[NaH].[SrH2]. The van der Waals surface area contributed by atoms with E-state index in [9.17, 15) is 0 Å². The van der Waals surface area contributed by atoms with Crippen molar-refractivity contribution in [2.75, 3.05) is 0 Å². The summed E-state index contributed by atoms with van der Waals surface area (Å²) < 4.78 is 0. The van der Waals surface area contributed by atoms with Crippen LogP contribution in [0.2, 0.25) is 0 Å². The fourth-order valence-corrected chi connectivity index (χ4v) is 0. The summed E-state index contributed by atoms with van der Waals surface area (Å²) in [4.78, 5) is 36.4. The normalized spacial score (nSPS) is 5.50. The molecule has 0 rings (SSSR count). The average molecular weight is 360 g/mol. The van der Waals surface area contributed by atoms with Crippen LogP contribution in [0, 0.1) is 0 Å². The maximum atomic E-state index is 9.10. The molecule has 0 spiro atoms. The van der Waals surface area contributed by atoms with Crippen molar-refractivity contribution in [3.05, 3.63) is 0 Å². The first-order valence-corrected chi connectivity index (χ1v) is 2.21. The van der Waals surface area contributed by atoms with Crippen LogP contribution in [0.1, 0.15) is 0 Å². The van der Waals surface area contributed by atoms with E-state index >= 15 is 0 Å². The summed E-state index contributed by atoms with van der Waals surface area (Å²) in [6.45, 7) is 0. The minimum atomic E-state index is -1.82. The molecule has 8 nitrogen and oxygen atoms in total. The Balaban J connectivity index is -0.0000000250. The van der Waals surface area contributed by atoms with Crippen LogP contribution in [0.4, 0.5) is 0 Å². The third kappa shape index (κ3) is 36.0. The van der Waals surface area contributed by atoms with Crippen LogP contribution in [-0.4, -0.2) is 187 Å². The molecular formula is C4H10CaNa2O8Sr. The monoisotopic (exact) mass is 360 g/mol. The molecule has 0 aromatic rings. The van der Waals surface area contributed by atoms with E-state index in [2.05, 4.69) is 0 Å². The molecule has 0 radical (unpaired) electrons. The zero-order valence-electron chi connectivity index (χ0n) is 5.42. The Morgan fingerprint density at radius 2 is 0.625 bits per heavy atom. The van der Waals surface area contributed by atoms with Gasteiger partial charge in [-0.25, -0.2) is 19.2 Å². The molecule has 0 saturated carbocycles. The quantitative estimate of drug-likeness (QED) is 0.248. The van der Waals surface area contributed by atoms with Gasteiger partial charge in [-0.3, -0.25) is 0 Å². The van der Waals surface area contributed by atoms with Gasteiger partial charge >= 0.3 is 166 Å². The molecule has 4 N–H and O–H groups in total. The molecule has 0 aromatic carbocycles. The molecule has 0 atom stereocenters. The molecule has 12 heteroatoms. The third-order valence-corrected chi connectivity index (χ3v) is 0.366. The van der Waals surface area contributed by atoms with Gasteiger partial charge in [0.15, 0.2) is 0 Å². The van der Waals surface area contributed by atoms with Crippen molar-refractivity contribution < 1.29 is 39.6 Å². The summed E-state index contributed by atoms with van der Waals surface area (Å²) in [6, 6.07) is 0. The van der Waals surface area contributed by atoms with E-state index in [0.29, 0.717) is 0 Å². The zero-order valence-corrected chi connectivity index (χ0v) is 5.42. The van der Waals surface area contributed by atoms with Gasteiger partial charge in [0.2, 0.25) is 0 Å². The molecular weight excluding hydrogens is 350 g/mol. The van der Waals surface area contributed by atoms with E-state index in [4.69, 9.17) is 39.6 Å². The van der Waals surface area contributed by atoms with Gasteiger partial charge in [0.05, 0.1) is 0 Å². The predicted molar refractivity (Wildman–Crippen MR) is 61.9 cm³/mol. The van der Waals surface area contributed by atoms with Crippen LogP contribution in [-0.2, 0) is 19.2 Å². The van der Waals surface area contributed by atoms with E-state index in [1.165, 1.54) is 0 Å². The number of rotatable bonds is 0. The Labute approximate surface area is 201 Å². The number of hydrogen-bond donors (Lipinski definition) is 4. The Morgan fingerprint density at radius 3 is 0.625 bits per heavy atom. The van der Waals surface area contributed by atoms with Crippen LogP contribution in [0.15, 0.2) is 0 Å². The van der Waals surface area contributed by atoms with Crippen molar-refractivity contribution in [3.63, 3.8) is 0 Å². The summed E-state index contributed by atoms with van der Waals surface area (Å²) in [5, 5.41) is 29.6. The van der Waals surface area contributed by atoms with Crippen molar-refractivity contribution in [2.24, 2.45) is 0 Å². The molecule has 16 heavy (non-hydrogen) atoms. The molecule has 0 aliphatic carbocycles. The Bertz CT molecular complexity index is 186. The first-order chi connectivity index (χ1) is 5.29. The average Bonchev–Trinajstić information content (AvgIpc) is 1.88. The first kappa shape index (κ1) is 36.3. The van der Waals surface area contributed by atoms with E-state index in [-0.39, 0.29) is 142 Å². The first-order valence-electron chi connectivity index (χ1n) is 2.21. The molecule has 0 saturated heterocycles. The van der Waals surface area contributed by atoms with Crippen molar-refractivity contribution >= 4 is 166 Å². The van der Waals surface area contributed by atoms with E-state index in [1.807, 2.05) is 0 Å². The van der Waals surface area contributed by atoms with Crippen LogP contribution in [0.25, 0.3) is 0 Å². The fourth-order valence-electron chi connectivity index (χ4n) is 0. The van der Waals surface area contributed by atoms with Crippen molar-refractivity contribution in [1.82, 2.24) is 0 Å². The van der Waals surface area contributed by atoms with Gasteiger partial charge in [-0.1, -0.05) is 0 Å². The van der Waals surface area contributed by atoms with Gasteiger partial charge in [0, 0.05) is 0 Å². The van der Waals surface area contributed by atoms with Gasteiger partial charge in [-0.05, 0) is 0 Å². The molecule has 80 valence electrons. The van der Waals surface area contributed by atoms with Gasteiger partial charge < -0.3 is 20.4 Å². The molecule has 0 bridgehead atoms. The van der Waals surface area contributed by atoms with Crippen LogP contribution >= 0.6 is 0 Å². The topological polar surface area (TPSA) is 149 Å². The summed E-state index contributed by atoms with van der Waals surface area (Å²) in [6.07, 6.45) is 0. The summed E-state index contributed by atoms with van der Waals surface area (Å²) in [5.74, 6) is -7.30. The predicted octanol–water partition coefficient (Wildman–Crippen LogP) is -4.82. The Hall–Kier alpha value is 2.62. The Morgan fingerprint density at radius 1 is 0.562 bits per heavy atom. The van der Waals surface area contributed by atoms with E-state index < -0.39 is 23.9 Å². The second-order valence-corrected chi connectivity index (χ2v) is 1.22. The second kappa shape index (κ2) is 22.8. The third-order valence-electron chi connectivity index (χ3n) is 0.366. The molecule has 0 aliphatic rings. The number of carboxylic acid groups (broad SMARTS) is 4. The van der Waals surface area contributed by atoms with Gasteiger partial charge in [0.25, 0.3) is 0 Å². The minimum absolute atomic E-state index is 0. The van der Waals surface area contributed by atoms with Gasteiger partial charge in [-0.2, -0.15) is 0 Å². The zero-order chi connectivity index (χ0) is 10.3. The molecule has 0 aliphatic heterocycles. The molecule has 0 amide bonds. The number of carboxylic acids is 4. The molecule has 0 fully saturated rings. The van der Waals surface area contributed by atoms with Gasteiger partial charge in [-0.15, -0.1) is 0 Å². The summed E-state index contributed by atoms with van der Waals surface area (Å²) in [7, 11) is 0. The molecule has 0 aromatic heterocycles.